The van der Waals surface area contributed by atoms with Gasteiger partial charge in [-0.15, -0.1) is 6.58 Å². The summed E-state index contributed by atoms with van der Waals surface area (Å²) in [5.41, 5.74) is 1.43. The molecular formula is C14H19N. The van der Waals surface area contributed by atoms with E-state index in [1.54, 1.807) is 0 Å². The van der Waals surface area contributed by atoms with E-state index in [0.717, 1.165) is 6.42 Å². The lowest BCUT2D eigenvalue weighted by atomic mass is 10.1. The molecule has 1 aromatic rings. The Hall–Kier alpha value is -1.08. The summed E-state index contributed by atoms with van der Waals surface area (Å²) in [7, 11) is 0. The Morgan fingerprint density at radius 3 is 2.80 bits per heavy atom. The molecule has 1 aliphatic heterocycles. The monoisotopic (exact) mass is 201 g/mol. The minimum atomic E-state index is 0.570. The second-order valence-corrected chi connectivity index (χ2v) is 4.27. The normalized spacial score (nSPS) is 25.3. The van der Waals surface area contributed by atoms with E-state index < -0.39 is 0 Å². The average molecular weight is 201 g/mol. The number of benzene rings is 1. The predicted octanol–water partition coefficient (Wildman–Crippen LogP) is 3.45. The first-order valence-electron chi connectivity index (χ1n) is 5.82. The van der Waals surface area contributed by atoms with Crippen molar-refractivity contribution in [2.75, 3.05) is 0 Å². The molecular weight excluding hydrogens is 182 g/mol. The van der Waals surface area contributed by atoms with Crippen LogP contribution in [0.4, 0.5) is 0 Å². The first kappa shape index (κ1) is 10.4. The van der Waals surface area contributed by atoms with Crippen LogP contribution >= 0.6 is 0 Å². The molecule has 1 aliphatic rings. The van der Waals surface area contributed by atoms with Crippen LogP contribution in [0.2, 0.25) is 0 Å². The molecule has 15 heavy (non-hydrogen) atoms. The first-order chi connectivity index (χ1) is 7.40. The van der Waals surface area contributed by atoms with Gasteiger partial charge in [-0.3, -0.25) is 0 Å². The SMILES string of the molecule is C=CCC[C@H]1CC[C@@H](c2ccccc2)N1. The zero-order valence-electron chi connectivity index (χ0n) is 9.15. The van der Waals surface area contributed by atoms with Crippen molar-refractivity contribution in [2.24, 2.45) is 0 Å². The van der Waals surface area contributed by atoms with E-state index >= 15 is 0 Å². The Labute approximate surface area is 92.2 Å². The third-order valence-corrected chi connectivity index (χ3v) is 3.16. The maximum Gasteiger partial charge on any atom is 0.0323 e. The molecule has 1 nitrogen and oxygen atoms in total. The molecule has 2 rings (SSSR count). The molecule has 0 aromatic heterocycles. The molecule has 0 aliphatic carbocycles. The van der Waals surface area contributed by atoms with E-state index in [9.17, 15) is 0 Å². The van der Waals surface area contributed by atoms with Gasteiger partial charge in [0, 0.05) is 12.1 Å². The highest BCUT2D eigenvalue weighted by atomic mass is 15.0. The summed E-state index contributed by atoms with van der Waals surface area (Å²) in [6.45, 7) is 3.77. The van der Waals surface area contributed by atoms with Crippen LogP contribution < -0.4 is 5.32 Å². The highest BCUT2D eigenvalue weighted by Gasteiger charge is 2.23. The minimum absolute atomic E-state index is 0.570. The summed E-state index contributed by atoms with van der Waals surface area (Å²) in [5.74, 6) is 0. The smallest absolute Gasteiger partial charge is 0.0323 e. The highest BCUT2D eigenvalue weighted by molar-refractivity contribution is 5.20. The van der Waals surface area contributed by atoms with Crippen molar-refractivity contribution in [1.82, 2.24) is 5.32 Å². The first-order valence-corrected chi connectivity index (χ1v) is 5.82. The number of hydrogen-bond acceptors (Lipinski definition) is 1. The molecule has 1 saturated heterocycles. The molecule has 1 N–H and O–H groups in total. The second kappa shape index (κ2) is 5.13. The van der Waals surface area contributed by atoms with E-state index in [-0.39, 0.29) is 0 Å². The van der Waals surface area contributed by atoms with E-state index in [1.807, 2.05) is 6.08 Å². The van der Waals surface area contributed by atoms with Gasteiger partial charge in [-0.05, 0) is 31.2 Å². The van der Waals surface area contributed by atoms with Gasteiger partial charge in [-0.2, -0.15) is 0 Å². The molecule has 1 heteroatoms. The fourth-order valence-corrected chi connectivity index (χ4v) is 2.31. The lowest BCUT2D eigenvalue weighted by Gasteiger charge is -2.13. The molecule has 0 bridgehead atoms. The molecule has 1 fully saturated rings. The van der Waals surface area contributed by atoms with E-state index in [1.165, 1.54) is 24.8 Å². The summed E-state index contributed by atoms with van der Waals surface area (Å²) in [6, 6.07) is 12.0. The number of nitrogens with one attached hydrogen (secondary N) is 1. The molecule has 0 radical (unpaired) electrons. The van der Waals surface area contributed by atoms with Crippen molar-refractivity contribution < 1.29 is 0 Å². The van der Waals surface area contributed by atoms with Crippen LogP contribution in [0, 0.1) is 0 Å². The van der Waals surface area contributed by atoms with E-state index in [0.29, 0.717) is 12.1 Å². The maximum atomic E-state index is 3.77. The Morgan fingerprint density at radius 2 is 2.07 bits per heavy atom. The van der Waals surface area contributed by atoms with Gasteiger partial charge in [0.1, 0.15) is 0 Å². The van der Waals surface area contributed by atoms with Crippen LogP contribution in [0.15, 0.2) is 43.0 Å². The van der Waals surface area contributed by atoms with Crippen LogP contribution in [0.25, 0.3) is 0 Å². The van der Waals surface area contributed by atoms with Crippen molar-refractivity contribution in [3.05, 3.63) is 48.6 Å². The summed E-state index contributed by atoms with van der Waals surface area (Å²) >= 11 is 0. The summed E-state index contributed by atoms with van der Waals surface area (Å²) in [5, 5.41) is 3.69. The molecule has 1 aromatic carbocycles. The Balaban J connectivity index is 1.90. The van der Waals surface area contributed by atoms with Crippen LogP contribution in [0.5, 0.6) is 0 Å². The molecule has 0 saturated carbocycles. The van der Waals surface area contributed by atoms with Crippen molar-refractivity contribution in [3.8, 4) is 0 Å². The van der Waals surface area contributed by atoms with Gasteiger partial charge in [0.05, 0.1) is 0 Å². The molecule has 0 spiro atoms. The topological polar surface area (TPSA) is 12.0 Å². The van der Waals surface area contributed by atoms with Gasteiger partial charge in [-0.25, -0.2) is 0 Å². The second-order valence-electron chi connectivity index (χ2n) is 4.27. The number of hydrogen-bond donors (Lipinski definition) is 1. The van der Waals surface area contributed by atoms with Crippen molar-refractivity contribution >= 4 is 0 Å². The Morgan fingerprint density at radius 1 is 1.27 bits per heavy atom. The fourth-order valence-electron chi connectivity index (χ4n) is 2.31. The Bertz CT molecular complexity index is 304. The standard InChI is InChI=1S/C14H19N/c1-2-3-9-13-10-11-14(15-13)12-7-5-4-6-8-12/h2,4-8,13-15H,1,3,9-11H2/t13-,14-/m0/s1. The molecule has 0 unspecified atom stereocenters. The van der Waals surface area contributed by atoms with Gasteiger partial charge in [0.15, 0.2) is 0 Å². The van der Waals surface area contributed by atoms with Crippen molar-refractivity contribution in [1.29, 1.82) is 0 Å². The van der Waals surface area contributed by atoms with E-state index in [2.05, 4.69) is 42.2 Å². The van der Waals surface area contributed by atoms with Crippen molar-refractivity contribution in [3.63, 3.8) is 0 Å². The number of rotatable bonds is 4. The zero-order chi connectivity index (χ0) is 10.5. The zero-order valence-corrected chi connectivity index (χ0v) is 9.15. The summed E-state index contributed by atoms with van der Waals surface area (Å²) in [6.07, 6.45) is 6.93. The third-order valence-electron chi connectivity index (χ3n) is 3.16. The molecule has 2 atom stereocenters. The lowest BCUT2D eigenvalue weighted by molar-refractivity contribution is 0.525. The van der Waals surface area contributed by atoms with Gasteiger partial charge in [0.25, 0.3) is 0 Å². The lowest BCUT2D eigenvalue weighted by Crippen LogP contribution is -2.23. The largest absolute Gasteiger partial charge is 0.307 e. The van der Waals surface area contributed by atoms with Crippen LogP contribution in [-0.4, -0.2) is 6.04 Å². The van der Waals surface area contributed by atoms with Crippen molar-refractivity contribution in [2.45, 2.75) is 37.8 Å². The van der Waals surface area contributed by atoms with Gasteiger partial charge in [-0.1, -0.05) is 36.4 Å². The van der Waals surface area contributed by atoms with E-state index in [4.69, 9.17) is 0 Å². The van der Waals surface area contributed by atoms with Gasteiger partial charge in [0.2, 0.25) is 0 Å². The Kier molecular flexibility index (Phi) is 3.57. The summed E-state index contributed by atoms with van der Waals surface area (Å²) < 4.78 is 0. The molecule has 80 valence electrons. The van der Waals surface area contributed by atoms with Crippen LogP contribution in [0.3, 0.4) is 0 Å². The van der Waals surface area contributed by atoms with Gasteiger partial charge < -0.3 is 5.32 Å². The fraction of sp³-hybridized carbons (Fsp3) is 0.429. The predicted molar refractivity (Wildman–Crippen MR) is 64.8 cm³/mol. The maximum absolute atomic E-state index is 3.77. The third kappa shape index (κ3) is 2.69. The number of allylic oxidation sites excluding steroid dienone is 1. The average Bonchev–Trinajstić information content (AvgIpc) is 2.76. The molecule has 0 amide bonds. The van der Waals surface area contributed by atoms with Crippen LogP contribution in [0.1, 0.15) is 37.3 Å². The molecule has 1 heterocycles. The highest BCUT2D eigenvalue weighted by Crippen LogP contribution is 2.27. The van der Waals surface area contributed by atoms with Gasteiger partial charge >= 0.3 is 0 Å². The van der Waals surface area contributed by atoms with Crippen LogP contribution in [-0.2, 0) is 0 Å². The minimum Gasteiger partial charge on any atom is -0.307 e. The summed E-state index contributed by atoms with van der Waals surface area (Å²) in [4.78, 5) is 0. The quantitative estimate of drug-likeness (QED) is 0.736.